The lowest BCUT2D eigenvalue weighted by Gasteiger charge is -2.40. The average Bonchev–Trinajstić information content (AvgIpc) is 3.16. The minimum atomic E-state index is -1.51. The molecule has 8 nitrogen and oxygen atoms in total. The average molecular weight is 490 g/mol. The highest BCUT2D eigenvalue weighted by atomic mass is 19.1. The van der Waals surface area contributed by atoms with Crippen LogP contribution in [0.5, 0.6) is 0 Å². The highest BCUT2D eigenvalue weighted by molar-refractivity contribution is 5.95. The summed E-state index contributed by atoms with van der Waals surface area (Å²) in [5.74, 6) is 0.110. The number of nitrogen functional groups attached to an aromatic ring is 1. The van der Waals surface area contributed by atoms with E-state index < -0.39 is 23.4 Å². The Morgan fingerprint density at radius 2 is 1.97 bits per heavy atom. The molecular formula is C27H28FN5O3. The molecule has 9 heteroatoms. The zero-order valence-electron chi connectivity index (χ0n) is 20.3. The molecule has 2 heterocycles. The number of hydrogen-bond acceptors (Lipinski definition) is 6. The van der Waals surface area contributed by atoms with Crippen molar-refractivity contribution >= 4 is 22.9 Å². The number of aromatic nitrogens is 3. The first kappa shape index (κ1) is 23.9. The zero-order chi connectivity index (χ0) is 25.8. The van der Waals surface area contributed by atoms with Crippen LogP contribution in [0.3, 0.4) is 0 Å². The summed E-state index contributed by atoms with van der Waals surface area (Å²) in [6, 6.07) is 10.6. The minimum Gasteiger partial charge on any atom is -0.390 e. The minimum absolute atomic E-state index is 0.102. The summed E-state index contributed by atoms with van der Waals surface area (Å²) in [5.41, 5.74) is 10.1. The number of rotatable bonds is 5. The van der Waals surface area contributed by atoms with E-state index in [4.69, 9.17) is 10.7 Å². The number of nitrogens with one attached hydrogen (secondary N) is 1. The summed E-state index contributed by atoms with van der Waals surface area (Å²) < 4.78 is 15.4. The second-order valence-electron chi connectivity index (χ2n) is 9.88. The van der Waals surface area contributed by atoms with Crippen LogP contribution in [0.4, 0.5) is 15.9 Å². The van der Waals surface area contributed by atoms with Crippen molar-refractivity contribution in [3.05, 3.63) is 77.1 Å². The van der Waals surface area contributed by atoms with Crippen molar-refractivity contribution in [1.29, 1.82) is 0 Å². The largest absolute Gasteiger partial charge is 0.390 e. The van der Waals surface area contributed by atoms with E-state index in [-0.39, 0.29) is 11.5 Å². The number of nitrogens with two attached hydrogens (primary N) is 1. The van der Waals surface area contributed by atoms with Crippen LogP contribution < -0.4 is 11.1 Å². The standard InChI is InChI=1S/C27H28FN5O3/c1-14-9-19(31-26(35)23(34)16-5-4-6-18(28)10-16)7-8-20(14)21-22-24(29)30-15(2)13-33(22)25(32-21)17-11-27(3,36)12-17/h4-10,13,17,23,34,36H,11-12H2,1-3H3,(H2,29,30)(H,31,35)/t17?,23-,27?/m0/s1. The van der Waals surface area contributed by atoms with Crippen LogP contribution in [0.15, 0.2) is 48.7 Å². The molecule has 1 aliphatic carbocycles. The smallest absolute Gasteiger partial charge is 0.257 e. The van der Waals surface area contributed by atoms with Crippen LogP contribution in [0, 0.1) is 19.7 Å². The molecule has 2 aromatic carbocycles. The van der Waals surface area contributed by atoms with Gasteiger partial charge in [0.25, 0.3) is 5.91 Å². The third kappa shape index (κ3) is 4.31. The van der Waals surface area contributed by atoms with Gasteiger partial charge in [0.05, 0.1) is 11.3 Å². The van der Waals surface area contributed by atoms with E-state index in [1.807, 2.05) is 37.4 Å². The Bertz CT molecular complexity index is 1490. The van der Waals surface area contributed by atoms with E-state index in [2.05, 4.69) is 10.3 Å². The summed E-state index contributed by atoms with van der Waals surface area (Å²) in [5, 5.41) is 23.3. The second kappa shape index (κ2) is 8.69. The van der Waals surface area contributed by atoms with Gasteiger partial charge < -0.3 is 21.3 Å². The van der Waals surface area contributed by atoms with Gasteiger partial charge in [0, 0.05) is 23.4 Å². The molecule has 1 aliphatic rings. The van der Waals surface area contributed by atoms with Gasteiger partial charge in [-0.1, -0.05) is 18.2 Å². The van der Waals surface area contributed by atoms with Crippen molar-refractivity contribution in [2.24, 2.45) is 0 Å². The first-order chi connectivity index (χ1) is 17.0. The Kier molecular flexibility index (Phi) is 5.77. The highest BCUT2D eigenvalue weighted by Gasteiger charge is 2.42. The van der Waals surface area contributed by atoms with Gasteiger partial charge >= 0.3 is 0 Å². The number of aryl methyl sites for hydroxylation is 2. The third-order valence-electron chi connectivity index (χ3n) is 6.69. The van der Waals surface area contributed by atoms with Gasteiger partial charge in [0.15, 0.2) is 6.10 Å². The van der Waals surface area contributed by atoms with E-state index in [9.17, 15) is 19.4 Å². The summed E-state index contributed by atoms with van der Waals surface area (Å²) in [6.45, 7) is 5.59. The summed E-state index contributed by atoms with van der Waals surface area (Å²) in [4.78, 5) is 21.9. The van der Waals surface area contributed by atoms with Gasteiger partial charge in [0.1, 0.15) is 28.7 Å². The normalized spacial score (nSPS) is 20.2. The van der Waals surface area contributed by atoms with Crippen LogP contribution in [0.1, 0.15) is 54.4 Å². The number of imidazole rings is 1. The molecule has 1 fully saturated rings. The number of amides is 1. The molecule has 36 heavy (non-hydrogen) atoms. The fraction of sp³-hybridized carbons (Fsp3) is 0.296. The highest BCUT2D eigenvalue weighted by Crippen LogP contribution is 2.45. The fourth-order valence-corrected chi connectivity index (χ4v) is 4.99. The molecular weight excluding hydrogens is 461 g/mol. The molecule has 0 aliphatic heterocycles. The molecule has 0 spiro atoms. The topological polar surface area (TPSA) is 126 Å². The lowest BCUT2D eigenvalue weighted by molar-refractivity contribution is -0.124. The second-order valence-corrected chi connectivity index (χ2v) is 9.88. The third-order valence-corrected chi connectivity index (χ3v) is 6.69. The summed E-state index contributed by atoms with van der Waals surface area (Å²) in [7, 11) is 0. The molecule has 0 unspecified atom stereocenters. The molecule has 0 saturated heterocycles. The lowest BCUT2D eigenvalue weighted by atomic mass is 9.72. The van der Waals surface area contributed by atoms with Crippen molar-refractivity contribution in [1.82, 2.24) is 14.4 Å². The summed E-state index contributed by atoms with van der Waals surface area (Å²) >= 11 is 0. The lowest BCUT2D eigenvalue weighted by Crippen LogP contribution is -2.40. The maximum atomic E-state index is 13.5. The molecule has 5 N–H and O–H groups in total. The summed E-state index contributed by atoms with van der Waals surface area (Å²) in [6.07, 6.45) is 1.63. The first-order valence-electron chi connectivity index (χ1n) is 11.8. The number of benzene rings is 2. The number of halogens is 1. The van der Waals surface area contributed by atoms with E-state index in [0.29, 0.717) is 35.6 Å². The van der Waals surface area contributed by atoms with Crippen molar-refractivity contribution in [3.63, 3.8) is 0 Å². The quantitative estimate of drug-likeness (QED) is 0.335. The Labute approximate surface area is 207 Å². The van der Waals surface area contributed by atoms with Crippen LogP contribution in [0.25, 0.3) is 16.8 Å². The molecule has 4 aromatic rings. The van der Waals surface area contributed by atoms with Crippen LogP contribution >= 0.6 is 0 Å². The number of nitrogens with zero attached hydrogens (tertiary/aromatic N) is 3. The fourth-order valence-electron chi connectivity index (χ4n) is 4.99. The number of hydrogen-bond donors (Lipinski definition) is 4. The number of carbonyl (C=O) groups is 1. The Morgan fingerprint density at radius 1 is 1.22 bits per heavy atom. The Morgan fingerprint density at radius 3 is 2.64 bits per heavy atom. The van der Waals surface area contributed by atoms with Crippen molar-refractivity contribution < 1.29 is 19.4 Å². The first-order valence-corrected chi connectivity index (χ1v) is 11.8. The van der Waals surface area contributed by atoms with Crippen LogP contribution in [-0.4, -0.2) is 36.1 Å². The van der Waals surface area contributed by atoms with Gasteiger partial charge in [0.2, 0.25) is 0 Å². The van der Waals surface area contributed by atoms with E-state index in [1.54, 1.807) is 12.1 Å². The molecule has 1 amide bonds. The number of carbonyl (C=O) groups excluding carboxylic acids is 1. The molecule has 5 rings (SSSR count). The van der Waals surface area contributed by atoms with Gasteiger partial charge in [-0.3, -0.25) is 9.20 Å². The Balaban J connectivity index is 1.47. The molecule has 2 aromatic heterocycles. The van der Waals surface area contributed by atoms with Gasteiger partial charge in [-0.05, 0) is 69.0 Å². The van der Waals surface area contributed by atoms with E-state index in [0.717, 1.165) is 28.7 Å². The monoisotopic (exact) mass is 489 g/mol. The Hall–Kier alpha value is -3.82. The van der Waals surface area contributed by atoms with Crippen molar-refractivity contribution in [2.75, 3.05) is 11.1 Å². The van der Waals surface area contributed by atoms with Crippen molar-refractivity contribution in [3.8, 4) is 11.3 Å². The van der Waals surface area contributed by atoms with Crippen LogP contribution in [0.2, 0.25) is 0 Å². The van der Waals surface area contributed by atoms with Gasteiger partial charge in [-0.15, -0.1) is 0 Å². The maximum Gasteiger partial charge on any atom is 0.257 e. The van der Waals surface area contributed by atoms with E-state index in [1.165, 1.54) is 18.2 Å². The number of fused-ring (bicyclic) bond motifs is 1. The maximum absolute atomic E-state index is 13.5. The predicted octanol–water partition coefficient (Wildman–Crippen LogP) is 4.03. The number of anilines is 2. The van der Waals surface area contributed by atoms with Gasteiger partial charge in [-0.2, -0.15) is 0 Å². The SMILES string of the molecule is Cc1cn2c(C3CC(C)(O)C3)nc(-c3ccc(NC(=O)[C@@H](O)c4cccc(F)c4)cc3C)c2c(N)n1. The zero-order valence-corrected chi connectivity index (χ0v) is 20.3. The molecule has 186 valence electrons. The molecule has 0 radical (unpaired) electrons. The number of aliphatic hydroxyl groups is 2. The van der Waals surface area contributed by atoms with Crippen LogP contribution in [-0.2, 0) is 4.79 Å². The number of aliphatic hydroxyl groups excluding tert-OH is 1. The van der Waals surface area contributed by atoms with E-state index >= 15 is 0 Å². The van der Waals surface area contributed by atoms with Gasteiger partial charge in [-0.25, -0.2) is 14.4 Å². The molecule has 1 atom stereocenters. The predicted molar refractivity (Wildman–Crippen MR) is 135 cm³/mol. The molecule has 0 bridgehead atoms. The van der Waals surface area contributed by atoms with Crippen molar-refractivity contribution in [2.45, 2.75) is 51.2 Å². The molecule has 1 saturated carbocycles.